The Kier molecular flexibility index (Phi) is 4.52. The van der Waals surface area contributed by atoms with Gasteiger partial charge in [-0.15, -0.1) is 12.3 Å². The summed E-state index contributed by atoms with van der Waals surface area (Å²) >= 11 is 0. The molecule has 0 bridgehead atoms. The van der Waals surface area contributed by atoms with Gasteiger partial charge < -0.3 is 5.11 Å². The first-order chi connectivity index (χ1) is 6.75. The van der Waals surface area contributed by atoms with E-state index in [2.05, 4.69) is 5.92 Å². The van der Waals surface area contributed by atoms with Gasteiger partial charge in [-0.2, -0.15) is 0 Å². The van der Waals surface area contributed by atoms with E-state index in [0.717, 1.165) is 25.7 Å². The van der Waals surface area contributed by atoms with Crippen LogP contribution in [0.5, 0.6) is 0 Å². The van der Waals surface area contributed by atoms with E-state index in [1.165, 1.54) is 12.8 Å². The fraction of sp³-hybridized carbons (Fsp3) is 0.750. The van der Waals surface area contributed by atoms with E-state index in [4.69, 9.17) is 11.5 Å². The summed E-state index contributed by atoms with van der Waals surface area (Å²) in [4.78, 5) is 11.0. The molecule has 0 saturated heterocycles. The van der Waals surface area contributed by atoms with E-state index in [1.54, 1.807) is 0 Å². The smallest absolute Gasteiger partial charge is 0.306 e. The normalized spacial score (nSPS) is 27.6. The summed E-state index contributed by atoms with van der Waals surface area (Å²) in [6.45, 7) is 0. The first kappa shape index (κ1) is 11.1. The highest BCUT2D eigenvalue weighted by atomic mass is 16.4. The molecule has 1 aliphatic carbocycles. The maximum absolute atomic E-state index is 11.0. The van der Waals surface area contributed by atoms with Crippen LogP contribution in [0.1, 0.15) is 44.9 Å². The average Bonchev–Trinajstić information content (AvgIpc) is 2.39. The van der Waals surface area contributed by atoms with Crippen molar-refractivity contribution < 1.29 is 9.90 Å². The number of hydrogen-bond donors (Lipinski definition) is 1. The van der Waals surface area contributed by atoms with Gasteiger partial charge in [0.15, 0.2) is 0 Å². The fourth-order valence-electron chi connectivity index (χ4n) is 2.32. The van der Waals surface area contributed by atoms with Crippen molar-refractivity contribution in [2.75, 3.05) is 0 Å². The Hall–Kier alpha value is -0.970. The molecule has 78 valence electrons. The highest BCUT2D eigenvalue weighted by molar-refractivity contribution is 5.70. The highest BCUT2D eigenvalue weighted by Gasteiger charge is 2.28. The van der Waals surface area contributed by atoms with Gasteiger partial charge in [-0.05, 0) is 25.2 Å². The highest BCUT2D eigenvalue weighted by Crippen LogP contribution is 2.31. The number of carboxylic acids is 1. The van der Waals surface area contributed by atoms with Crippen molar-refractivity contribution >= 4 is 5.97 Å². The molecule has 2 unspecified atom stereocenters. The van der Waals surface area contributed by atoms with Gasteiger partial charge in [0.05, 0.1) is 5.92 Å². The zero-order valence-electron chi connectivity index (χ0n) is 8.54. The van der Waals surface area contributed by atoms with E-state index < -0.39 is 5.97 Å². The Morgan fingerprint density at radius 2 is 2.07 bits per heavy atom. The predicted octanol–water partition coefficient (Wildman–Crippen LogP) is 2.68. The van der Waals surface area contributed by atoms with Crippen LogP contribution in [0, 0.1) is 24.2 Å². The Bertz CT molecular complexity index is 227. The third kappa shape index (κ3) is 3.06. The molecule has 2 atom stereocenters. The molecule has 1 fully saturated rings. The van der Waals surface area contributed by atoms with Gasteiger partial charge in [-0.3, -0.25) is 4.79 Å². The molecule has 2 heteroatoms. The van der Waals surface area contributed by atoms with Gasteiger partial charge in [0, 0.05) is 6.42 Å². The third-order valence-corrected chi connectivity index (χ3v) is 3.14. The molecule has 2 nitrogen and oxygen atoms in total. The lowest BCUT2D eigenvalue weighted by atomic mass is 9.85. The van der Waals surface area contributed by atoms with Gasteiger partial charge in [-0.25, -0.2) is 0 Å². The van der Waals surface area contributed by atoms with Crippen LogP contribution in [0.2, 0.25) is 0 Å². The van der Waals surface area contributed by atoms with Crippen molar-refractivity contribution in [1.82, 2.24) is 0 Å². The third-order valence-electron chi connectivity index (χ3n) is 3.14. The van der Waals surface area contributed by atoms with Crippen molar-refractivity contribution in [3.05, 3.63) is 0 Å². The summed E-state index contributed by atoms with van der Waals surface area (Å²) in [6, 6.07) is 0. The standard InChI is InChI=1S/C12H18O2/c1-2-3-7-10-8-5-4-6-9-11(10)12(13)14/h1,10-11H,3-9H2,(H,13,14). The minimum Gasteiger partial charge on any atom is -0.481 e. The number of aliphatic carboxylic acids is 1. The Morgan fingerprint density at radius 1 is 1.36 bits per heavy atom. The zero-order valence-corrected chi connectivity index (χ0v) is 8.54. The topological polar surface area (TPSA) is 37.3 Å². The molecule has 0 amide bonds. The van der Waals surface area contributed by atoms with Crippen LogP contribution in [0.25, 0.3) is 0 Å². The second kappa shape index (κ2) is 5.70. The van der Waals surface area contributed by atoms with Crippen molar-refractivity contribution in [2.45, 2.75) is 44.9 Å². The molecule has 0 aromatic heterocycles. The molecule has 1 aliphatic rings. The number of rotatable bonds is 3. The summed E-state index contributed by atoms with van der Waals surface area (Å²) in [5.41, 5.74) is 0. The Morgan fingerprint density at radius 3 is 2.71 bits per heavy atom. The quantitative estimate of drug-likeness (QED) is 0.554. The molecule has 1 rings (SSSR count). The van der Waals surface area contributed by atoms with Gasteiger partial charge in [0.25, 0.3) is 0 Å². The van der Waals surface area contributed by atoms with Crippen molar-refractivity contribution in [3.63, 3.8) is 0 Å². The number of hydrogen-bond acceptors (Lipinski definition) is 1. The summed E-state index contributed by atoms with van der Waals surface area (Å²) in [5.74, 6) is 2.14. The Balaban J connectivity index is 2.55. The second-order valence-corrected chi connectivity index (χ2v) is 4.09. The monoisotopic (exact) mass is 194 g/mol. The van der Waals surface area contributed by atoms with E-state index in [9.17, 15) is 4.79 Å². The largest absolute Gasteiger partial charge is 0.481 e. The molecule has 0 aliphatic heterocycles. The van der Waals surface area contributed by atoms with Gasteiger partial charge in [0.1, 0.15) is 0 Å². The SMILES string of the molecule is C#CCCC1CCCCCC1C(=O)O. The summed E-state index contributed by atoms with van der Waals surface area (Å²) in [6.07, 6.45) is 12.1. The van der Waals surface area contributed by atoms with E-state index in [-0.39, 0.29) is 5.92 Å². The van der Waals surface area contributed by atoms with Crippen LogP contribution in [-0.4, -0.2) is 11.1 Å². The van der Waals surface area contributed by atoms with Crippen LogP contribution in [0.3, 0.4) is 0 Å². The van der Waals surface area contributed by atoms with Gasteiger partial charge in [0.2, 0.25) is 0 Å². The molecule has 0 aromatic carbocycles. The molecule has 0 spiro atoms. The first-order valence-corrected chi connectivity index (χ1v) is 5.42. The van der Waals surface area contributed by atoms with Crippen LogP contribution in [0.15, 0.2) is 0 Å². The van der Waals surface area contributed by atoms with E-state index in [0.29, 0.717) is 12.3 Å². The minimum absolute atomic E-state index is 0.147. The number of carbonyl (C=O) groups is 1. The lowest BCUT2D eigenvalue weighted by molar-refractivity contribution is -0.144. The van der Waals surface area contributed by atoms with Gasteiger partial charge >= 0.3 is 5.97 Å². The first-order valence-electron chi connectivity index (χ1n) is 5.42. The number of carboxylic acid groups (broad SMARTS) is 1. The lowest BCUT2D eigenvalue weighted by Crippen LogP contribution is -2.22. The molecule has 0 heterocycles. The molecule has 0 aromatic rings. The molecule has 14 heavy (non-hydrogen) atoms. The van der Waals surface area contributed by atoms with Crippen molar-refractivity contribution in [1.29, 1.82) is 0 Å². The average molecular weight is 194 g/mol. The molecule has 1 N–H and O–H groups in total. The summed E-state index contributed by atoms with van der Waals surface area (Å²) in [5, 5.41) is 9.08. The van der Waals surface area contributed by atoms with Crippen molar-refractivity contribution in [2.24, 2.45) is 11.8 Å². The maximum atomic E-state index is 11.0. The van der Waals surface area contributed by atoms with E-state index in [1.807, 2.05) is 0 Å². The van der Waals surface area contributed by atoms with Crippen LogP contribution < -0.4 is 0 Å². The van der Waals surface area contributed by atoms with E-state index >= 15 is 0 Å². The molecule has 0 radical (unpaired) electrons. The molecular weight excluding hydrogens is 176 g/mol. The summed E-state index contributed by atoms with van der Waals surface area (Å²) in [7, 11) is 0. The molecular formula is C12H18O2. The van der Waals surface area contributed by atoms with Crippen molar-refractivity contribution in [3.8, 4) is 12.3 Å². The number of terminal acetylenes is 1. The molecule has 1 saturated carbocycles. The lowest BCUT2D eigenvalue weighted by Gasteiger charge is -2.20. The Labute approximate surface area is 85.7 Å². The van der Waals surface area contributed by atoms with Crippen LogP contribution in [-0.2, 0) is 4.79 Å². The summed E-state index contributed by atoms with van der Waals surface area (Å²) < 4.78 is 0. The zero-order chi connectivity index (χ0) is 10.4. The van der Waals surface area contributed by atoms with Crippen LogP contribution >= 0.6 is 0 Å². The second-order valence-electron chi connectivity index (χ2n) is 4.09. The fourth-order valence-corrected chi connectivity index (χ4v) is 2.32. The van der Waals surface area contributed by atoms with Gasteiger partial charge in [-0.1, -0.05) is 19.3 Å². The van der Waals surface area contributed by atoms with Crippen LogP contribution in [0.4, 0.5) is 0 Å². The maximum Gasteiger partial charge on any atom is 0.306 e. The predicted molar refractivity (Wildman–Crippen MR) is 55.8 cm³/mol. The minimum atomic E-state index is -0.631.